The number of hydrogen-bond acceptors (Lipinski definition) is 1. The summed E-state index contributed by atoms with van der Waals surface area (Å²) in [5.41, 5.74) is 1.24. The molecule has 0 spiro atoms. The molecule has 1 aromatic rings. The summed E-state index contributed by atoms with van der Waals surface area (Å²) in [7, 11) is 0. The molecule has 0 saturated carbocycles. The van der Waals surface area contributed by atoms with Crippen LogP contribution >= 0.6 is 23.4 Å². The van der Waals surface area contributed by atoms with E-state index in [0.29, 0.717) is 0 Å². The molecule has 1 rings (SSSR count). The van der Waals surface area contributed by atoms with Crippen molar-refractivity contribution in [2.24, 2.45) is 5.41 Å². The molecule has 1 atom stereocenters. The minimum Gasteiger partial charge on any atom is -0.130 e. The molecule has 0 aromatic heterocycles. The second-order valence-corrected chi connectivity index (χ2v) is 6.62. The van der Waals surface area contributed by atoms with E-state index < -0.39 is 0 Å². The third-order valence-electron chi connectivity index (χ3n) is 3.04. The molecule has 0 aliphatic carbocycles. The van der Waals surface area contributed by atoms with Crippen molar-refractivity contribution < 1.29 is 0 Å². The van der Waals surface area contributed by atoms with Gasteiger partial charge in [0.1, 0.15) is 0 Å². The molecule has 1 aromatic carbocycles. The summed E-state index contributed by atoms with van der Waals surface area (Å²) in [6, 6.07) is 8.52. The largest absolute Gasteiger partial charge is 0.130 e. The van der Waals surface area contributed by atoms with Crippen molar-refractivity contribution in [2.45, 2.75) is 37.5 Å². The summed E-state index contributed by atoms with van der Waals surface area (Å²) in [5, 5.41) is 0. The molecule has 1 unspecified atom stereocenters. The van der Waals surface area contributed by atoms with Crippen molar-refractivity contribution in [3.05, 3.63) is 29.8 Å². The van der Waals surface area contributed by atoms with Gasteiger partial charge >= 0.3 is 0 Å². The van der Waals surface area contributed by atoms with Crippen molar-refractivity contribution in [1.82, 2.24) is 0 Å². The van der Waals surface area contributed by atoms with E-state index in [-0.39, 0.29) is 10.3 Å². The summed E-state index contributed by atoms with van der Waals surface area (Å²) in [6.07, 6.45) is 2.08. The molecule has 0 aliphatic heterocycles. The van der Waals surface area contributed by atoms with E-state index in [9.17, 15) is 0 Å². The van der Waals surface area contributed by atoms with E-state index >= 15 is 0 Å². The van der Waals surface area contributed by atoms with Crippen LogP contribution in [-0.4, -0.2) is 6.26 Å². The zero-order valence-electron chi connectivity index (χ0n) is 10.1. The van der Waals surface area contributed by atoms with Crippen LogP contribution in [0.3, 0.4) is 0 Å². The highest BCUT2D eigenvalue weighted by Crippen LogP contribution is 2.44. The number of thioether (sulfide) groups is 1. The molecule has 15 heavy (non-hydrogen) atoms. The molecular formula is C13H19ClS. The first-order valence-corrected chi connectivity index (χ1v) is 6.73. The van der Waals surface area contributed by atoms with Crippen molar-refractivity contribution in [1.29, 1.82) is 0 Å². The summed E-state index contributed by atoms with van der Waals surface area (Å²) < 4.78 is 0. The fourth-order valence-electron chi connectivity index (χ4n) is 1.34. The zero-order valence-corrected chi connectivity index (χ0v) is 11.7. The zero-order chi connectivity index (χ0) is 11.7. The predicted molar refractivity (Wildman–Crippen MR) is 70.9 cm³/mol. The van der Waals surface area contributed by atoms with Crippen molar-refractivity contribution in [3.8, 4) is 0 Å². The van der Waals surface area contributed by atoms with Crippen molar-refractivity contribution in [3.63, 3.8) is 0 Å². The Labute approximate surface area is 102 Å². The van der Waals surface area contributed by atoms with Gasteiger partial charge in [-0.1, -0.05) is 32.9 Å². The SMILES string of the molecule is CSc1ccc(C(C)(Cl)C(C)(C)C)cc1. The Bertz CT molecular complexity index is 319. The highest BCUT2D eigenvalue weighted by Gasteiger charge is 2.36. The second-order valence-electron chi connectivity index (χ2n) is 4.98. The molecule has 2 heteroatoms. The molecule has 0 nitrogen and oxygen atoms in total. The van der Waals surface area contributed by atoms with Gasteiger partial charge in [-0.05, 0) is 36.3 Å². The number of rotatable bonds is 2. The lowest BCUT2D eigenvalue weighted by molar-refractivity contribution is 0.296. The minimum atomic E-state index is -0.316. The Balaban J connectivity index is 3.06. The van der Waals surface area contributed by atoms with E-state index in [1.54, 1.807) is 11.8 Å². The Morgan fingerprint density at radius 1 is 1.00 bits per heavy atom. The van der Waals surface area contributed by atoms with Gasteiger partial charge in [0, 0.05) is 4.90 Å². The molecular weight excluding hydrogens is 224 g/mol. The van der Waals surface area contributed by atoms with Crippen LogP contribution in [0, 0.1) is 5.41 Å². The van der Waals surface area contributed by atoms with Gasteiger partial charge < -0.3 is 0 Å². The third-order valence-corrected chi connectivity index (χ3v) is 4.57. The number of hydrogen-bond donors (Lipinski definition) is 0. The maximum atomic E-state index is 6.63. The maximum absolute atomic E-state index is 6.63. The van der Waals surface area contributed by atoms with Crippen LogP contribution in [0.5, 0.6) is 0 Å². The topological polar surface area (TPSA) is 0 Å². The molecule has 0 heterocycles. The minimum absolute atomic E-state index is 0.0510. The summed E-state index contributed by atoms with van der Waals surface area (Å²) in [6.45, 7) is 8.59. The first-order valence-electron chi connectivity index (χ1n) is 5.12. The van der Waals surface area contributed by atoms with Crippen LogP contribution < -0.4 is 0 Å². The summed E-state index contributed by atoms with van der Waals surface area (Å²) in [5.74, 6) is 0. The van der Waals surface area contributed by atoms with Crippen LogP contribution in [0.1, 0.15) is 33.3 Å². The summed E-state index contributed by atoms with van der Waals surface area (Å²) >= 11 is 8.38. The summed E-state index contributed by atoms with van der Waals surface area (Å²) in [4.78, 5) is 0.962. The van der Waals surface area contributed by atoms with E-state index in [0.717, 1.165) is 0 Å². The molecule has 0 aliphatic rings. The van der Waals surface area contributed by atoms with Gasteiger partial charge in [-0.15, -0.1) is 23.4 Å². The molecule has 0 saturated heterocycles. The van der Waals surface area contributed by atoms with E-state index in [4.69, 9.17) is 11.6 Å². The number of alkyl halides is 1. The first-order chi connectivity index (χ1) is 6.79. The average Bonchev–Trinajstić information content (AvgIpc) is 2.16. The predicted octanol–water partition coefficient (Wildman–Crippen LogP) is 4.91. The van der Waals surface area contributed by atoms with Gasteiger partial charge in [-0.2, -0.15) is 0 Å². The van der Waals surface area contributed by atoms with Gasteiger partial charge in [-0.3, -0.25) is 0 Å². The quantitative estimate of drug-likeness (QED) is 0.525. The molecule has 0 bridgehead atoms. The lowest BCUT2D eigenvalue weighted by Crippen LogP contribution is -2.31. The fraction of sp³-hybridized carbons (Fsp3) is 0.538. The smallest absolute Gasteiger partial charge is 0.0715 e. The maximum Gasteiger partial charge on any atom is 0.0715 e. The van der Waals surface area contributed by atoms with Crippen molar-refractivity contribution in [2.75, 3.05) is 6.26 Å². The molecule has 84 valence electrons. The lowest BCUT2D eigenvalue weighted by Gasteiger charge is -2.36. The molecule has 0 fully saturated rings. The normalized spacial score (nSPS) is 16.1. The van der Waals surface area contributed by atoms with Crippen LogP contribution in [0.4, 0.5) is 0 Å². The Morgan fingerprint density at radius 2 is 1.47 bits per heavy atom. The van der Waals surface area contributed by atoms with Gasteiger partial charge in [0.15, 0.2) is 0 Å². The van der Waals surface area contributed by atoms with Crippen LogP contribution in [-0.2, 0) is 4.87 Å². The standard InChI is InChI=1S/C13H19ClS/c1-12(2,3)13(4,14)10-6-8-11(15-5)9-7-10/h6-9H,1-5H3. The van der Waals surface area contributed by atoms with E-state index in [2.05, 4.69) is 58.2 Å². The lowest BCUT2D eigenvalue weighted by atomic mass is 9.77. The van der Waals surface area contributed by atoms with Crippen LogP contribution in [0.25, 0.3) is 0 Å². The fourth-order valence-corrected chi connectivity index (χ4v) is 1.87. The second kappa shape index (κ2) is 4.39. The Kier molecular flexibility index (Phi) is 3.78. The Morgan fingerprint density at radius 3 is 1.80 bits per heavy atom. The molecule has 0 radical (unpaired) electrons. The van der Waals surface area contributed by atoms with Gasteiger partial charge in [0.25, 0.3) is 0 Å². The van der Waals surface area contributed by atoms with Crippen LogP contribution in [0.15, 0.2) is 29.2 Å². The highest BCUT2D eigenvalue weighted by atomic mass is 35.5. The molecule has 0 amide bonds. The monoisotopic (exact) mass is 242 g/mol. The van der Waals surface area contributed by atoms with Gasteiger partial charge in [-0.25, -0.2) is 0 Å². The average molecular weight is 243 g/mol. The first kappa shape index (κ1) is 12.9. The highest BCUT2D eigenvalue weighted by molar-refractivity contribution is 7.98. The number of halogens is 1. The molecule has 0 N–H and O–H groups in total. The van der Waals surface area contributed by atoms with Crippen molar-refractivity contribution >= 4 is 23.4 Å². The van der Waals surface area contributed by atoms with Gasteiger partial charge in [0.05, 0.1) is 4.87 Å². The third kappa shape index (κ3) is 2.70. The van der Waals surface area contributed by atoms with E-state index in [1.807, 2.05) is 0 Å². The van der Waals surface area contributed by atoms with E-state index in [1.165, 1.54) is 10.5 Å². The number of benzene rings is 1. The Hall–Kier alpha value is -0.140. The van der Waals surface area contributed by atoms with Crippen LogP contribution in [0.2, 0.25) is 0 Å². The van der Waals surface area contributed by atoms with Gasteiger partial charge in [0.2, 0.25) is 0 Å².